The van der Waals surface area contributed by atoms with E-state index in [1.54, 1.807) is 0 Å². The van der Waals surface area contributed by atoms with Crippen LogP contribution in [0.1, 0.15) is 30.9 Å². The lowest BCUT2D eigenvalue weighted by atomic mass is 10.0. The van der Waals surface area contributed by atoms with Crippen LogP contribution in [0.5, 0.6) is 0 Å². The number of aryl methyl sites for hydroxylation is 1. The van der Waals surface area contributed by atoms with E-state index in [4.69, 9.17) is 5.26 Å². The first-order chi connectivity index (χ1) is 8.67. The van der Waals surface area contributed by atoms with Gasteiger partial charge in [0.05, 0.1) is 6.07 Å². The van der Waals surface area contributed by atoms with Crippen molar-refractivity contribution in [2.75, 3.05) is 6.54 Å². The number of carbonyl (C=O) groups excluding carboxylic acids is 1. The van der Waals surface area contributed by atoms with Gasteiger partial charge in [0.2, 0.25) is 5.91 Å². The summed E-state index contributed by atoms with van der Waals surface area (Å²) >= 11 is 0. The molecule has 0 bridgehead atoms. The van der Waals surface area contributed by atoms with Crippen LogP contribution in [-0.2, 0) is 11.2 Å². The van der Waals surface area contributed by atoms with Crippen molar-refractivity contribution in [3.8, 4) is 6.07 Å². The Labute approximate surface area is 109 Å². The number of benzene rings is 1. The number of amides is 1. The molecule has 0 aromatic heterocycles. The highest BCUT2D eigenvalue weighted by molar-refractivity contribution is 5.80. The summed E-state index contributed by atoms with van der Waals surface area (Å²) in [4.78, 5) is 11.7. The Morgan fingerprint density at radius 3 is 2.89 bits per heavy atom. The monoisotopic (exact) mass is 244 g/mol. The molecule has 0 spiro atoms. The fourth-order valence-electron chi connectivity index (χ4n) is 1.86. The van der Waals surface area contributed by atoms with E-state index in [0.29, 0.717) is 13.0 Å². The molecule has 0 aliphatic carbocycles. The number of nitriles is 1. The molecule has 1 amide bonds. The zero-order valence-corrected chi connectivity index (χ0v) is 11.1. The van der Waals surface area contributed by atoms with Crippen molar-refractivity contribution >= 4 is 5.91 Å². The average molecular weight is 244 g/mol. The third kappa shape index (κ3) is 4.58. The molecule has 0 saturated heterocycles. The number of hydrogen-bond donors (Lipinski definition) is 1. The number of nitrogens with zero attached hydrogens (tertiary/aromatic N) is 1. The molecular weight excluding hydrogens is 224 g/mol. The molecule has 1 aromatic carbocycles. The Morgan fingerprint density at radius 2 is 2.28 bits per heavy atom. The lowest BCUT2D eigenvalue weighted by molar-refractivity contribution is -0.123. The standard InChI is InChI=1S/C15H20N2O/c1-3-5-14(11-16)15(18)17-9-8-13-7-4-6-12(2)10-13/h4,6-7,10,14H,3,5,8-9H2,1-2H3,(H,17,18). The molecule has 1 aromatic rings. The summed E-state index contributed by atoms with van der Waals surface area (Å²) in [7, 11) is 0. The first-order valence-corrected chi connectivity index (χ1v) is 6.40. The normalized spacial score (nSPS) is 11.6. The van der Waals surface area contributed by atoms with Crippen LogP contribution in [0.3, 0.4) is 0 Å². The van der Waals surface area contributed by atoms with E-state index < -0.39 is 5.92 Å². The second kappa shape index (κ2) is 7.50. The second-order valence-corrected chi connectivity index (χ2v) is 4.50. The predicted octanol–water partition coefficient (Wildman–Crippen LogP) is 2.59. The van der Waals surface area contributed by atoms with Gasteiger partial charge in [-0.25, -0.2) is 0 Å². The van der Waals surface area contributed by atoms with E-state index in [-0.39, 0.29) is 5.91 Å². The van der Waals surface area contributed by atoms with Crippen LogP contribution in [0.2, 0.25) is 0 Å². The van der Waals surface area contributed by atoms with Crippen LogP contribution in [-0.4, -0.2) is 12.5 Å². The number of nitrogens with one attached hydrogen (secondary N) is 1. The van der Waals surface area contributed by atoms with Crippen LogP contribution in [0.25, 0.3) is 0 Å². The molecule has 0 heterocycles. The minimum Gasteiger partial charge on any atom is -0.355 e. The fraction of sp³-hybridized carbons (Fsp3) is 0.467. The van der Waals surface area contributed by atoms with Crippen molar-refractivity contribution in [2.24, 2.45) is 5.92 Å². The van der Waals surface area contributed by atoms with Crippen molar-refractivity contribution in [3.05, 3.63) is 35.4 Å². The molecular formula is C15H20N2O. The topological polar surface area (TPSA) is 52.9 Å². The molecule has 0 fully saturated rings. The maximum atomic E-state index is 11.7. The Morgan fingerprint density at radius 1 is 1.50 bits per heavy atom. The molecule has 3 nitrogen and oxygen atoms in total. The molecule has 3 heteroatoms. The quantitative estimate of drug-likeness (QED) is 0.836. The van der Waals surface area contributed by atoms with Gasteiger partial charge in [0.15, 0.2) is 0 Å². The summed E-state index contributed by atoms with van der Waals surface area (Å²) in [5, 5.41) is 11.7. The summed E-state index contributed by atoms with van der Waals surface area (Å²) in [6.45, 7) is 4.61. The first kappa shape index (κ1) is 14.2. The van der Waals surface area contributed by atoms with E-state index in [9.17, 15) is 4.79 Å². The maximum Gasteiger partial charge on any atom is 0.237 e. The Bertz CT molecular complexity index is 434. The van der Waals surface area contributed by atoms with Gasteiger partial charge in [-0.3, -0.25) is 4.79 Å². The van der Waals surface area contributed by atoms with E-state index in [2.05, 4.69) is 24.4 Å². The largest absolute Gasteiger partial charge is 0.355 e. The van der Waals surface area contributed by atoms with Gasteiger partial charge in [-0.2, -0.15) is 5.26 Å². The molecule has 0 saturated carbocycles. The van der Waals surface area contributed by atoms with E-state index in [0.717, 1.165) is 12.8 Å². The van der Waals surface area contributed by atoms with Crippen LogP contribution in [0.4, 0.5) is 0 Å². The third-order valence-electron chi connectivity index (χ3n) is 2.85. The van der Waals surface area contributed by atoms with Crippen molar-refractivity contribution in [3.63, 3.8) is 0 Å². The van der Waals surface area contributed by atoms with Gasteiger partial charge in [0, 0.05) is 6.54 Å². The zero-order chi connectivity index (χ0) is 13.4. The second-order valence-electron chi connectivity index (χ2n) is 4.50. The van der Waals surface area contributed by atoms with E-state index >= 15 is 0 Å². The Balaban J connectivity index is 2.38. The van der Waals surface area contributed by atoms with Crippen molar-refractivity contribution in [1.82, 2.24) is 5.32 Å². The predicted molar refractivity (Wildman–Crippen MR) is 71.9 cm³/mol. The lowest BCUT2D eigenvalue weighted by Crippen LogP contribution is -2.31. The van der Waals surface area contributed by atoms with Gasteiger partial charge in [-0.1, -0.05) is 43.2 Å². The van der Waals surface area contributed by atoms with Crippen LogP contribution < -0.4 is 5.32 Å². The third-order valence-corrected chi connectivity index (χ3v) is 2.85. The smallest absolute Gasteiger partial charge is 0.237 e. The molecule has 18 heavy (non-hydrogen) atoms. The van der Waals surface area contributed by atoms with Gasteiger partial charge in [-0.05, 0) is 25.3 Å². The summed E-state index contributed by atoms with van der Waals surface area (Å²) in [6, 6.07) is 10.3. The minimum absolute atomic E-state index is 0.146. The maximum absolute atomic E-state index is 11.7. The molecule has 1 rings (SSSR count). The molecule has 1 N–H and O–H groups in total. The van der Waals surface area contributed by atoms with E-state index in [1.807, 2.05) is 25.1 Å². The van der Waals surface area contributed by atoms with E-state index in [1.165, 1.54) is 11.1 Å². The van der Waals surface area contributed by atoms with Crippen molar-refractivity contribution in [2.45, 2.75) is 33.1 Å². The summed E-state index contributed by atoms with van der Waals surface area (Å²) in [5.41, 5.74) is 2.43. The molecule has 0 radical (unpaired) electrons. The van der Waals surface area contributed by atoms with Crippen LogP contribution >= 0.6 is 0 Å². The average Bonchev–Trinajstić information content (AvgIpc) is 2.36. The molecule has 1 unspecified atom stereocenters. The van der Waals surface area contributed by atoms with Crippen molar-refractivity contribution < 1.29 is 4.79 Å². The highest BCUT2D eigenvalue weighted by Crippen LogP contribution is 2.06. The van der Waals surface area contributed by atoms with Crippen LogP contribution in [0.15, 0.2) is 24.3 Å². The molecule has 96 valence electrons. The summed E-state index contributed by atoms with van der Waals surface area (Å²) in [6.07, 6.45) is 2.29. The number of hydrogen-bond acceptors (Lipinski definition) is 2. The summed E-state index contributed by atoms with van der Waals surface area (Å²) in [5.74, 6) is -0.653. The lowest BCUT2D eigenvalue weighted by Gasteiger charge is -2.09. The van der Waals surface area contributed by atoms with Gasteiger partial charge in [0.1, 0.15) is 5.92 Å². The van der Waals surface area contributed by atoms with Gasteiger partial charge in [0.25, 0.3) is 0 Å². The van der Waals surface area contributed by atoms with Crippen molar-refractivity contribution in [1.29, 1.82) is 5.26 Å². The van der Waals surface area contributed by atoms with Gasteiger partial charge >= 0.3 is 0 Å². The minimum atomic E-state index is -0.507. The summed E-state index contributed by atoms with van der Waals surface area (Å²) < 4.78 is 0. The fourth-order valence-corrected chi connectivity index (χ4v) is 1.86. The Kier molecular flexibility index (Phi) is 5.93. The number of rotatable bonds is 6. The zero-order valence-electron chi connectivity index (χ0n) is 11.1. The highest BCUT2D eigenvalue weighted by Gasteiger charge is 2.15. The highest BCUT2D eigenvalue weighted by atomic mass is 16.1. The van der Waals surface area contributed by atoms with Gasteiger partial charge < -0.3 is 5.32 Å². The molecule has 1 atom stereocenters. The van der Waals surface area contributed by atoms with Crippen LogP contribution in [0, 0.1) is 24.2 Å². The molecule has 0 aliphatic heterocycles. The first-order valence-electron chi connectivity index (χ1n) is 6.40. The Hall–Kier alpha value is -1.82. The SMILES string of the molecule is CCCC(C#N)C(=O)NCCc1cccc(C)c1. The van der Waals surface area contributed by atoms with Gasteiger partial charge in [-0.15, -0.1) is 0 Å². The molecule has 0 aliphatic rings. The number of carbonyl (C=O) groups is 1.